The van der Waals surface area contributed by atoms with Crippen molar-refractivity contribution in [1.29, 1.82) is 0 Å². The van der Waals surface area contributed by atoms with Crippen LogP contribution in [0, 0.1) is 5.41 Å². The van der Waals surface area contributed by atoms with E-state index in [0.717, 1.165) is 36.9 Å². The zero-order chi connectivity index (χ0) is 14.4. The van der Waals surface area contributed by atoms with Gasteiger partial charge in [0.2, 0.25) is 5.91 Å². The number of methoxy groups -OCH3 is 1. The molecule has 0 spiro atoms. The van der Waals surface area contributed by atoms with Crippen molar-refractivity contribution in [2.75, 3.05) is 19.0 Å². The summed E-state index contributed by atoms with van der Waals surface area (Å²) in [6.07, 6.45) is 5.18. The molecule has 1 saturated carbocycles. The number of nitrogens with one attached hydrogen (secondary N) is 1. The first kappa shape index (κ1) is 15.0. The zero-order valence-corrected chi connectivity index (χ0v) is 12.2. The van der Waals surface area contributed by atoms with Crippen LogP contribution in [0.5, 0.6) is 0 Å². The topological polar surface area (TPSA) is 64.3 Å². The number of anilines is 1. The summed E-state index contributed by atoms with van der Waals surface area (Å²) in [5.74, 6) is 0.0641. The van der Waals surface area contributed by atoms with Crippen LogP contribution in [-0.4, -0.2) is 19.6 Å². The van der Waals surface area contributed by atoms with E-state index >= 15 is 0 Å². The largest absolute Gasteiger partial charge is 0.380 e. The molecule has 0 bridgehead atoms. The third kappa shape index (κ3) is 3.38. The second-order valence-corrected chi connectivity index (χ2v) is 5.63. The molecule has 0 radical (unpaired) electrons. The van der Waals surface area contributed by atoms with Crippen LogP contribution in [0.4, 0.5) is 5.69 Å². The van der Waals surface area contributed by atoms with Crippen LogP contribution in [-0.2, 0) is 16.1 Å². The normalized spacial score (nSPS) is 17.7. The van der Waals surface area contributed by atoms with Crippen molar-refractivity contribution in [2.45, 2.75) is 38.7 Å². The maximum Gasteiger partial charge on any atom is 0.231 e. The molecule has 1 amide bonds. The van der Waals surface area contributed by atoms with Gasteiger partial charge in [0, 0.05) is 19.3 Å². The van der Waals surface area contributed by atoms with Crippen LogP contribution in [0.1, 0.15) is 37.7 Å². The summed E-state index contributed by atoms with van der Waals surface area (Å²) in [6, 6.07) is 7.77. The number of nitrogens with two attached hydrogens (primary N) is 1. The van der Waals surface area contributed by atoms with E-state index < -0.39 is 0 Å². The summed E-state index contributed by atoms with van der Waals surface area (Å²) in [5.41, 5.74) is 7.38. The molecule has 0 unspecified atom stereocenters. The van der Waals surface area contributed by atoms with Gasteiger partial charge in [0.15, 0.2) is 0 Å². The van der Waals surface area contributed by atoms with Gasteiger partial charge in [-0.1, -0.05) is 31.4 Å². The zero-order valence-electron chi connectivity index (χ0n) is 12.2. The Morgan fingerprint density at radius 2 is 2.10 bits per heavy atom. The molecule has 4 heteroatoms. The van der Waals surface area contributed by atoms with Crippen molar-refractivity contribution >= 4 is 11.6 Å². The highest BCUT2D eigenvalue weighted by molar-refractivity contribution is 5.95. The van der Waals surface area contributed by atoms with Crippen LogP contribution in [0.2, 0.25) is 0 Å². The summed E-state index contributed by atoms with van der Waals surface area (Å²) in [4.78, 5) is 12.6. The van der Waals surface area contributed by atoms with Gasteiger partial charge in [0.25, 0.3) is 0 Å². The maximum atomic E-state index is 12.6. The average Bonchev–Trinajstić information content (AvgIpc) is 2.48. The highest BCUT2D eigenvalue weighted by Crippen LogP contribution is 2.36. The number of rotatable bonds is 5. The van der Waals surface area contributed by atoms with Crippen LogP contribution in [0.15, 0.2) is 24.3 Å². The van der Waals surface area contributed by atoms with Crippen LogP contribution in [0.25, 0.3) is 0 Å². The van der Waals surface area contributed by atoms with Gasteiger partial charge < -0.3 is 15.8 Å². The van der Waals surface area contributed by atoms with Crippen molar-refractivity contribution in [3.63, 3.8) is 0 Å². The summed E-state index contributed by atoms with van der Waals surface area (Å²) in [7, 11) is 1.66. The van der Waals surface area contributed by atoms with Gasteiger partial charge in [-0.3, -0.25) is 4.79 Å². The molecule has 0 aromatic heterocycles. The quantitative estimate of drug-likeness (QED) is 0.869. The van der Waals surface area contributed by atoms with E-state index in [1.54, 1.807) is 7.11 Å². The lowest BCUT2D eigenvalue weighted by Crippen LogP contribution is -2.43. The number of amides is 1. The van der Waals surface area contributed by atoms with Crippen molar-refractivity contribution in [3.8, 4) is 0 Å². The first-order valence-electron chi connectivity index (χ1n) is 7.29. The molecule has 1 fully saturated rings. The predicted molar refractivity (Wildman–Crippen MR) is 80.4 cm³/mol. The van der Waals surface area contributed by atoms with E-state index in [4.69, 9.17) is 10.5 Å². The van der Waals surface area contributed by atoms with Crippen molar-refractivity contribution in [3.05, 3.63) is 29.8 Å². The fourth-order valence-electron chi connectivity index (χ4n) is 2.92. The molecule has 1 aliphatic rings. The molecule has 20 heavy (non-hydrogen) atoms. The van der Waals surface area contributed by atoms with Gasteiger partial charge in [-0.2, -0.15) is 0 Å². The van der Waals surface area contributed by atoms with Crippen molar-refractivity contribution in [1.82, 2.24) is 0 Å². The number of carbonyl (C=O) groups excluding carboxylic acids is 1. The molecule has 1 aromatic rings. The number of hydrogen-bond donors (Lipinski definition) is 2. The molecule has 1 aliphatic carbocycles. The van der Waals surface area contributed by atoms with Gasteiger partial charge >= 0.3 is 0 Å². The summed E-state index contributed by atoms with van der Waals surface area (Å²) < 4.78 is 5.11. The highest BCUT2D eigenvalue weighted by atomic mass is 16.5. The van der Waals surface area contributed by atoms with E-state index in [-0.39, 0.29) is 11.3 Å². The SMILES string of the molecule is COCc1cccc(NC(=O)C2(CN)CCCCC2)c1. The van der Waals surface area contributed by atoms with Gasteiger partial charge in [0.1, 0.15) is 0 Å². The molecule has 0 saturated heterocycles. The van der Waals surface area contributed by atoms with Crippen LogP contribution >= 0.6 is 0 Å². The Morgan fingerprint density at radius 3 is 2.75 bits per heavy atom. The highest BCUT2D eigenvalue weighted by Gasteiger charge is 2.38. The second kappa shape index (κ2) is 6.86. The van der Waals surface area contributed by atoms with Crippen molar-refractivity contribution in [2.24, 2.45) is 11.1 Å². The smallest absolute Gasteiger partial charge is 0.231 e. The minimum absolute atomic E-state index is 0.0641. The lowest BCUT2D eigenvalue weighted by molar-refractivity contribution is -0.126. The molecule has 0 atom stereocenters. The van der Waals surface area contributed by atoms with E-state index in [2.05, 4.69) is 5.32 Å². The number of benzene rings is 1. The van der Waals surface area contributed by atoms with E-state index in [9.17, 15) is 4.79 Å². The van der Waals surface area contributed by atoms with Crippen LogP contribution in [0.3, 0.4) is 0 Å². The number of carbonyl (C=O) groups is 1. The van der Waals surface area contributed by atoms with Gasteiger partial charge in [-0.15, -0.1) is 0 Å². The Hall–Kier alpha value is -1.39. The monoisotopic (exact) mass is 276 g/mol. The fraction of sp³-hybridized carbons (Fsp3) is 0.562. The Balaban J connectivity index is 2.08. The first-order valence-corrected chi connectivity index (χ1v) is 7.29. The van der Waals surface area contributed by atoms with Gasteiger partial charge in [-0.05, 0) is 30.5 Å². The summed E-state index contributed by atoms with van der Waals surface area (Å²) in [6.45, 7) is 0.975. The van der Waals surface area contributed by atoms with E-state index in [1.165, 1.54) is 6.42 Å². The lowest BCUT2D eigenvalue weighted by Gasteiger charge is -2.34. The molecule has 0 heterocycles. The van der Waals surface area contributed by atoms with Crippen molar-refractivity contribution < 1.29 is 9.53 Å². The molecule has 1 aromatic carbocycles. The second-order valence-electron chi connectivity index (χ2n) is 5.63. The lowest BCUT2D eigenvalue weighted by atomic mass is 9.73. The Bertz CT molecular complexity index is 454. The molecule has 4 nitrogen and oxygen atoms in total. The fourth-order valence-corrected chi connectivity index (χ4v) is 2.92. The number of hydrogen-bond acceptors (Lipinski definition) is 3. The molecular weight excluding hydrogens is 252 g/mol. The molecule has 3 N–H and O–H groups in total. The predicted octanol–water partition coefficient (Wildman–Crippen LogP) is 2.68. The number of ether oxygens (including phenoxy) is 1. The standard InChI is InChI=1S/C16H24N2O2/c1-20-11-13-6-5-7-14(10-13)18-15(19)16(12-17)8-3-2-4-9-16/h5-7,10H,2-4,8-9,11-12,17H2,1H3,(H,18,19). The van der Waals surface area contributed by atoms with Crippen LogP contribution < -0.4 is 11.1 Å². The molecule has 0 aliphatic heterocycles. The first-order chi connectivity index (χ1) is 9.70. The van der Waals surface area contributed by atoms with Gasteiger partial charge in [-0.25, -0.2) is 0 Å². The molecule has 110 valence electrons. The Kier molecular flexibility index (Phi) is 5.15. The Morgan fingerprint density at radius 1 is 1.35 bits per heavy atom. The minimum Gasteiger partial charge on any atom is -0.380 e. The summed E-state index contributed by atoms with van der Waals surface area (Å²) in [5, 5.41) is 3.03. The Labute approximate surface area is 120 Å². The average molecular weight is 276 g/mol. The molecular formula is C16H24N2O2. The van der Waals surface area contributed by atoms with E-state index in [1.807, 2.05) is 24.3 Å². The maximum absolute atomic E-state index is 12.6. The third-order valence-electron chi connectivity index (χ3n) is 4.18. The van der Waals surface area contributed by atoms with E-state index in [0.29, 0.717) is 13.2 Å². The summed E-state index contributed by atoms with van der Waals surface area (Å²) >= 11 is 0. The third-order valence-corrected chi connectivity index (χ3v) is 4.18. The minimum atomic E-state index is -0.379. The van der Waals surface area contributed by atoms with Gasteiger partial charge in [0.05, 0.1) is 12.0 Å². The molecule has 2 rings (SSSR count).